The molecule has 0 atom stereocenters. The Morgan fingerprint density at radius 3 is 2.29 bits per heavy atom. The Balaban J connectivity index is 3.24. The van der Waals surface area contributed by atoms with Crippen molar-refractivity contribution in [3.63, 3.8) is 0 Å². The lowest BCUT2D eigenvalue weighted by Gasteiger charge is -2.02. The number of carbonyl (C=O) groups excluding carboxylic acids is 1. The smallest absolute Gasteiger partial charge is 0.330 e. The largest absolute Gasteiger partial charge is 0.463 e. The Labute approximate surface area is 106 Å². The summed E-state index contributed by atoms with van der Waals surface area (Å²) < 4.78 is 5.10. The molecule has 0 N–H and O–H groups in total. The Morgan fingerprint density at radius 1 is 0.941 bits per heavy atom. The van der Waals surface area contributed by atoms with Crippen LogP contribution in [-0.2, 0) is 9.53 Å². The third-order valence-corrected chi connectivity index (χ3v) is 2.72. The van der Waals surface area contributed by atoms with Gasteiger partial charge in [-0.05, 0) is 12.8 Å². The Bertz CT molecular complexity index is 197. The van der Waals surface area contributed by atoms with E-state index in [0.29, 0.717) is 6.61 Å². The van der Waals surface area contributed by atoms with E-state index in [9.17, 15) is 4.79 Å². The molecule has 0 aromatic carbocycles. The molecule has 0 rings (SSSR count). The maximum absolute atomic E-state index is 11.2. The van der Waals surface area contributed by atoms with Gasteiger partial charge in [-0.2, -0.15) is 0 Å². The molecule has 0 aliphatic carbocycles. The van der Waals surface area contributed by atoms with Crippen molar-refractivity contribution in [2.24, 2.45) is 0 Å². The van der Waals surface area contributed by atoms with E-state index in [4.69, 9.17) is 4.74 Å². The summed E-state index contributed by atoms with van der Waals surface area (Å²) in [5.41, 5.74) is 0. The second kappa shape index (κ2) is 13.3. The van der Waals surface area contributed by atoms with Crippen LogP contribution >= 0.6 is 0 Å². The molecule has 0 fully saturated rings. The Morgan fingerprint density at radius 2 is 1.59 bits per heavy atom. The first-order chi connectivity index (χ1) is 8.31. The summed E-state index contributed by atoms with van der Waals surface area (Å²) >= 11 is 0. The van der Waals surface area contributed by atoms with Crippen molar-refractivity contribution >= 4 is 5.97 Å². The van der Waals surface area contributed by atoms with Crippen LogP contribution in [0.4, 0.5) is 0 Å². The summed E-state index contributed by atoms with van der Waals surface area (Å²) in [6.07, 6.45) is 14.1. The van der Waals surface area contributed by atoms with Crippen LogP contribution in [0.3, 0.4) is 0 Å². The highest BCUT2D eigenvalue weighted by molar-refractivity contribution is 5.81. The van der Waals surface area contributed by atoms with Crippen LogP contribution in [0.5, 0.6) is 0 Å². The molecule has 0 unspecified atom stereocenters. The molecule has 0 amide bonds. The monoisotopic (exact) mass is 240 g/mol. The minimum atomic E-state index is -0.185. The molecule has 0 saturated carbocycles. The third-order valence-electron chi connectivity index (χ3n) is 2.72. The second-order valence-corrected chi connectivity index (χ2v) is 4.48. The number of allylic oxidation sites excluding steroid dienone is 1. The molecule has 2 heteroatoms. The van der Waals surface area contributed by atoms with Crippen LogP contribution in [0.15, 0.2) is 12.2 Å². The zero-order valence-corrected chi connectivity index (χ0v) is 11.5. The summed E-state index contributed by atoms with van der Waals surface area (Å²) in [4.78, 5) is 11.2. The van der Waals surface area contributed by atoms with Gasteiger partial charge in [0.15, 0.2) is 0 Å². The predicted molar refractivity (Wildman–Crippen MR) is 73.0 cm³/mol. The molecule has 2 nitrogen and oxygen atoms in total. The van der Waals surface area contributed by atoms with Crippen molar-refractivity contribution in [2.75, 3.05) is 6.61 Å². The van der Waals surface area contributed by atoms with Gasteiger partial charge in [0.1, 0.15) is 0 Å². The first kappa shape index (κ1) is 16.2. The zero-order chi connectivity index (χ0) is 12.8. The van der Waals surface area contributed by atoms with Crippen LogP contribution in [0.2, 0.25) is 0 Å². The van der Waals surface area contributed by atoms with E-state index in [0.717, 1.165) is 25.7 Å². The van der Waals surface area contributed by atoms with Crippen LogP contribution in [0.1, 0.15) is 71.6 Å². The van der Waals surface area contributed by atoms with Crippen molar-refractivity contribution in [2.45, 2.75) is 71.6 Å². The van der Waals surface area contributed by atoms with Gasteiger partial charge < -0.3 is 4.74 Å². The third kappa shape index (κ3) is 13.1. The average Bonchev–Trinajstić information content (AvgIpc) is 2.33. The molecule has 0 aromatic heterocycles. The molecule has 0 saturated heterocycles. The molecular weight excluding hydrogens is 212 g/mol. The SMILES string of the molecule is CCCC/C=C/C(=O)OCCCCCCCC. The maximum Gasteiger partial charge on any atom is 0.330 e. The first-order valence-corrected chi connectivity index (χ1v) is 7.14. The van der Waals surface area contributed by atoms with Gasteiger partial charge in [-0.15, -0.1) is 0 Å². The lowest BCUT2D eigenvalue weighted by atomic mass is 10.1. The number of unbranched alkanes of at least 4 members (excludes halogenated alkanes) is 7. The highest BCUT2D eigenvalue weighted by Crippen LogP contribution is 2.05. The predicted octanol–water partition coefficient (Wildman–Crippen LogP) is 4.64. The van der Waals surface area contributed by atoms with E-state index < -0.39 is 0 Å². The number of carbonyl (C=O) groups is 1. The van der Waals surface area contributed by atoms with Gasteiger partial charge in [0.05, 0.1) is 6.61 Å². The number of hydrogen-bond donors (Lipinski definition) is 0. The quantitative estimate of drug-likeness (QED) is 0.299. The fraction of sp³-hybridized carbons (Fsp3) is 0.800. The molecular formula is C15H28O2. The normalized spacial score (nSPS) is 10.9. The molecule has 0 aliphatic rings. The zero-order valence-electron chi connectivity index (χ0n) is 11.5. The number of rotatable bonds is 11. The van der Waals surface area contributed by atoms with E-state index in [1.165, 1.54) is 32.1 Å². The van der Waals surface area contributed by atoms with Crippen molar-refractivity contribution in [3.05, 3.63) is 12.2 Å². The fourth-order valence-electron chi connectivity index (χ4n) is 1.60. The van der Waals surface area contributed by atoms with Crippen LogP contribution in [0.25, 0.3) is 0 Å². The maximum atomic E-state index is 11.2. The Kier molecular flexibility index (Phi) is 12.7. The van der Waals surface area contributed by atoms with Gasteiger partial charge in [0.2, 0.25) is 0 Å². The summed E-state index contributed by atoms with van der Waals surface area (Å²) in [7, 11) is 0. The van der Waals surface area contributed by atoms with Gasteiger partial charge in [0, 0.05) is 6.08 Å². The molecule has 0 spiro atoms. The van der Waals surface area contributed by atoms with Gasteiger partial charge in [-0.25, -0.2) is 4.79 Å². The topological polar surface area (TPSA) is 26.3 Å². The fourth-order valence-corrected chi connectivity index (χ4v) is 1.60. The number of esters is 1. The molecule has 17 heavy (non-hydrogen) atoms. The summed E-state index contributed by atoms with van der Waals surface area (Å²) in [5, 5.41) is 0. The molecule has 0 heterocycles. The molecule has 0 aliphatic heterocycles. The van der Waals surface area contributed by atoms with E-state index in [-0.39, 0.29) is 5.97 Å². The highest BCUT2D eigenvalue weighted by atomic mass is 16.5. The van der Waals surface area contributed by atoms with Gasteiger partial charge in [-0.1, -0.05) is 64.9 Å². The second-order valence-electron chi connectivity index (χ2n) is 4.48. The first-order valence-electron chi connectivity index (χ1n) is 7.14. The van der Waals surface area contributed by atoms with Crippen LogP contribution in [-0.4, -0.2) is 12.6 Å². The molecule has 0 bridgehead atoms. The highest BCUT2D eigenvalue weighted by Gasteiger charge is 1.96. The average molecular weight is 240 g/mol. The van der Waals surface area contributed by atoms with Crippen molar-refractivity contribution in [1.29, 1.82) is 0 Å². The minimum absolute atomic E-state index is 0.185. The number of ether oxygens (including phenoxy) is 1. The Hall–Kier alpha value is -0.790. The standard InChI is InChI=1S/C15H28O2/c1-3-5-7-9-10-12-14-17-15(16)13-11-8-6-4-2/h11,13H,3-10,12,14H2,1-2H3/b13-11+. The summed E-state index contributed by atoms with van der Waals surface area (Å²) in [6.45, 7) is 4.93. The lowest BCUT2D eigenvalue weighted by molar-refractivity contribution is -0.137. The van der Waals surface area contributed by atoms with E-state index in [1.807, 2.05) is 6.08 Å². The van der Waals surface area contributed by atoms with Crippen LogP contribution < -0.4 is 0 Å². The van der Waals surface area contributed by atoms with Gasteiger partial charge in [-0.3, -0.25) is 0 Å². The molecule has 100 valence electrons. The molecule has 0 radical (unpaired) electrons. The minimum Gasteiger partial charge on any atom is -0.463 e. The summed E-state index contributed by atoms with van der Waals surface area (Å²) in [5.74, 6) is -0.185. The lowest BCUT2D eigenvalue weighted by Crippen LogP contribution is -2.02. The molecule has 0 aromatic rings. The van der Waals surface area contributed by atoms with E-state index in [2.05, 4.69) is 13.8 Å². The van der Waals surface area contributed by atoms with Crippen LogP contribution in [0, 0.1) is 0 Å². The van der Waals surface area contributed by atoms with Crippen molar-refractivity contribution in [1.82, 2.24) is 0 Å². The van der Waals surface area contributed by atoms with Gasteiger partial charge >= 0.3 is 5.97 Å². The van der Waals surface area contributed by atoms with E-state index in [1.54, 1.807) is 6.08 Å². The van der Waals surface area contributed by atoms with Crippen molar-refractivity contribution < 1.29 is 9.53 Å². The van der Waals surface area contributed by atoms with Gasteiger partial charge in [0.25, 0.3) is 0 Å². The van der Waals surface area contributed by atoms with Crippen molar-refractivity contribution in [3.8, 4) is 0 Å². The summed E-state index contributed by atoms with van der Waals surface area (Å²) in [6, 6.07) is 0. The van der Waals surface area contributed by atoms with E-state index >= 15 is 0 Å². The number of hydrogen-bond acceptors (Lipinski definition) is 2.